The van der Waals surface area contributed by atoms with Crippen LogP contribution in [0.5, 0.6) is 0 Å². The summed E-state index contributed by atoms with van der Waals surface area (Å²) < 4.78 is 10.6. The Bertz CT molecular complexity index is 1160. The van der Waals surface area contributed by atoms with Crippen LogP contribution in [-0.4, -0.2) is 54.8 Å². The van der Waals surface area contributed by atoms with Gasteiger partial charge in [0.2, 0.25) is 0 Å². The molecule has 1 aliphatic carbocycles. The molecule has 2 heterocycles. The van der Waals surface area contributed by atoms with Crippen molar-refractivity contribution in [1.29, 1.82) is 0 Å². The molecule has 2 N–H and O–H groups in total. The Hall–Kier alpha value is -3.09. The number of amides is 1. The van der Waals surface area contributed by atoms with Gasteiger partial charge < -0.3 is 19.7 Å². The predicted molar refractivity (Wildman–Crippen MR) is 137 cm³/mol. The number of benzene rings is 1. The van der Waals surface area contributed by atoms with Crippen LogP contribution < -0.4 is 15.5 Å². The molecule has 12 heteroatoms. The van der Waals surface area contributed by atoms with Gasteiger partial charge >= 0.3 is 5.97 Å². The third-order valence-electron chi connectivity index (χ3n) is 5.89. The average molecular weight is 519 g/mol. The average Bonchev–Trinajstić information content (AvgIpc) is 3.21. The van der Waals surface area contributed by atoms with Crippen molar-refractivity contribution in [1.82, 2.24) is 5.32 Å². The first-order valence-electron chi connectivity index (χ1n) is 11.4. The Morgan fingerprint density at radius 3 is 2.71 bits per heavy atom. The van der Waals surface area contributed by atoms with Crippen LogP contribution in [0.4, 0.5) is 16.4 Å². The largest absolute Gasteiger partial charge is 0.462 e. The SMILES string of the molecule is CCOC(=O)c1c(NC(=S)NC(=O)c2ccc(N3CCOCC3)c([N+](=O)[O-])c2)sc2c1CCCC2. The zero-order valence-electron chi connectivity index (χ0n) is 19.3. The quantitative estimate of drug-likeness (QED) is 0.255. The third kappa shape index (κ3) is 5.60. The molecule has 0 radical (unpaired) electrons. The van der Waals surface area contributed by atoms with E-state index in [0.717, 1.165) is 36.1 Å². The van der Waals surface area contributed by atoms with Crippen molar-refractivity contribution >= 4 is 56.9 Å². The molecule has 10 nitrogen and oxygen atoms in total. The van der Waals surface area contributed by atoms with Crippen molar-refractivity contribution in [2.24, 2.45) is 0 Å². The van der Waals surface area contributed by atoms with E-state index >= 15 is 0 Å². The van der Waals surface area contributed by atoms with Crippen LogP contribution in [0.3, 0.4) is 0 Å². The van der Waals surface area contributed by atoms with E-state index in [9.17, 15) is 19.7 Å². The number of carbonyl (C=O) groups excluding carboxylic acids is 2. The second-order valence-corrected chi connectivity index (χ2v) is 9.62. The highest BCUT2D eigenvalue weighted by Gasteiger charge is 2.28. The lowest BCUT2D eigenvalue weighted by molar-refractivity contribution is -0.384. The van der Waals surface area contributed by atoms with E-state index in [2.05, 4.69) is 10.6 Å². The summed E-state index contributed by atoms with van der Waals surface area (Å²) in [5, 5.41) is 17.8. The van der Waals surface area contributed by atoms with Gasteiger partial charge in [0, 0.05) is 29.6 Å². The van der Waals surface area contributed by atoms with E-state index in [-0.39, 0.29) is 23.0 Å². The fourth-order valence-corrected chi connectivity index (χ4v) is 5.81. The normalized spacial score (nSPS) is 15.2. The number of carbonyl (C=O) groups is 2. The Morgan fingerprint density at radius 2 is 2.00 bits per heavy atom. The Morgan fingerprint density at radius 1 is 1.26 bits per heavy atom. The number of nitro benzene ring substituents is 1. The number of anilines is 2. The van der Waals surface area contributed by atoms with Crippen LogP contribution in [0.2, 0.25) is 0 Å². The molecule has 4 rings (SSSR count). The van der Waals surface area contributed by atoms with Crippen molar-refractivity contribution < 1.29 is 24.0 Å². The first-order chi connectivity index (χ1) is 16.9. The van der Waals surface area contributed by atoms with Crippen LogP contribution in [0.1, 0.15) is 50.9 Å². The second kappa shape index (κ2) is 11.1. The third-order valence-corrected chi connectivity index (χ3v) is 7.30. The monoisotopic (exact) mass is 518 g/mol. The Balaban J connectivity index is 1.50. The van der Waals surface area contributed by atoms with E-state index < -0.39 is 16.8 Å². The van der Waals surface area contributed by atoms with Gasteiger partial charge in [-0.15, -0.1) is 11.3 Å². The summed E-state index contributed by atoms with van der Waals surface area (Å²) in [6.45, 7) is 4.04. The number of nitrogens with zero attached hydrogens (tertiary/aromatic N) is 2. The maximum absolute atomic E-state index is 12.8. The molecule has 0 unspecified atom stereocenters. The molecule has 0 bridgehead atoms. The molecule has 0 saturated carbocycles. The lowest BCUT2D eigenvalue weighted by atomic mass is 9.95. The molecular formula is C23H26N4O6S2. The number of thiocarbonyl (C=S) groups is 1. The van der Waals surface area contributed by atoms with Crippen molar-refractivity contribution in [3.05, 3.63) is 49.9 Å². The Kier molecular flexibility index (Phi) is 7.93. The summed E-state index contributed by atoms with van der Waals surface area (Å²) in [5.41, 5.74) is 1.83. The second-order valence-electron chi connectivity index (χ2n) is 8.10. The minimum atomic E-state index is -0.585. The number of nitrogens with one attached hydrogen (secondary N) is 2. The molecule has 1 aliphatic heterocycles. The standard InChI is InChI=1S/C23H26N4O6S2/c1-2-33-22(29)19-15-5-3-4-6-18(15)35-21(19)25-23(34)24-20(28)14-7-8-16(17(13-14)27(30)31)26-9-11-32-12-10-26/h7-8,13H,2-6,9-12H2,1H3,(H2,24,25,28,34). The fourth-order valence-electron chi connectivity index (χ4n) is 4.27. The number of morpholine rings is 1. The zero-order chi connectivity index (χ0) is 24.9. The maximum Gasteiger partial charge on any atom is 0.341 e. The number of aryl methyl sites for hydroxylation is 1. The van der Waals surface area contributed by atoms with Crippen molar-refractivity contribution in [3.8, 4) is 0 Å². The number of hydrogen-bond donors (Lipinski definition) is 2. The van der Waals surface area contributed by atoms with Gasteiger partial charge in [0.1, 0.15) is 10.7 Å². The molecule has 186 valence electrons. The van der Waals surface area contributed by atoms with E-state index in [1.807, 2.05) is 4.90 Å². The molecule has 1 amide bonds. The molecule has 1 saturated heterocycles. The molecule has 0 atom stereocenters. The van der Waals surface area contributed by atoms with E-state index in [4.69, 9.17) is 21.7 Å². The van der Waals surface area contributed by atoms with Gasteiger partial charge in [-0.2, -0.15) is 0 Å². The van der Waals surface area contributed by atoms with Crippen molar-refractivity contribution in [2.75, 3.05) is 43.1 Å². The first kappa shape index (κ1) is 25.0. The summed E-state index contributed by atoms with van der Waals surface area (Å²) in [7, 11) is 0. The number of thiophene rings is 1. The number of hydrogen-bond acceptors (Lipinski definition) is 9. The van der Waals surface area contributed by atoms with Gasteiger partial charge in [-0.3, -0.25) is 20.2 Å². The van der Waals surface area contributed by atoms with E-state index in [1.54, 1.807) is 13.0 Å². The molecule has 2 aliphatic rings. The van der Waals surface area contributed by atoms with Gasteiger partial charge in [-0.1, -0.05) is 0 Å². The highest BCUT2D eigenvalue weighted by atomic mass is 32.1. The first-order valence-corrected chi connectivity index (χ1v) is 12.7. The number of rotatable bonds is 6. The van der Waals surface area contributed by atoms with E-state index in [1.165, 1.54) is 23.5 Å². The van der Waals surface area contributed by atoms with Crippen LogP contribution in [-0.2, 0) is 22.3 Å². The molecule has 2 aromatic rings. The van der Waals surface area contributed by atoms with Gasteiger partial charge in [-0.25, -0.2) is 4.79 Å². The van der Waals surface area contributed by atoms with Crippen LogP contribution in [0.15, 0.2) is 18.2 Å². The van der Waals surface area contributed by atoms with Gasteiger partial charge in [0.15, 0.2) is 5.11 Å². The fraction of sp³-hybridized carbons (Fsp3) is 0.435. The topological polar surface area (TPSA) is 123 Å². The maximum atomic E-state index is 12.8. The van der Waals surface area contributed by atoms with Gasteiger partial charge in [0.25, 0.3) is 11.6 Å². The van der Waals surface area contributed by atoms with Crippen molar-refractivity contribution in [3.63, 3.8) is 0 Å². The number of ether oxygens (including phenoxy) is 2. The Labute approximate surface area is 211 Å². The minimum Gasteiger partial charge on any atom is -0.462 e. The lowest BCUT2D eigenvalue weighted by Crippen LogP contribution is -2.37. The summed E-state index contributed by atoms with van der Waals surface area (Å²) in [6, 6.07) is 4.35. The molecule has 1 aromatic carbocycles. The van der Waals surface area contributed by atoms with Gasteiger partial charge in [0.05, 0.1) is 30.3 Å². The predicted octanol–water partition coefficient (Wildman–Crippen LogP) is 3.68. The lowest BCUT2D eigenvalue weighted by Gasteiger charge is -2.28. The number of nitro groups is 1. The number of esters is 1. The van der Waals surface area contributed by atoms with Crippen LogP contribution >= 0.6 is 23.6 Å². The smallest absolute Gasteiger partial charge is 0.341 e. The molecule has 35 heavy (non-hydrogen) atoms. The summed E-state index contributed by atoms with van der Waals surface area (Å²) in [4.78, 5) is 39.6. The number of fused-ring (bicyclic) bond motifs is 1. The highest BCUT2D eigenvalue weighted by molar-refractivity contribution is 7.80. The highest BCUT2D eigenvalue weighted by Crippen LogP contribution is 2.38. The molecule has 1 aromatic heterocycles. The van der Waals surface area contributed by atoms with Crippen LogP contribution in [0, 0.1) is 10.1 Å². The van der Waals surface area contributed by atoms with Gasteiger partial charge in [-0.05, 0) is 62.5 Å². The molecule has 1 fully saturated rings. The molecular weight excluding hydrogens is 492 g/mol. The summed E-state index contributed by atoms with van der Waals surface area (Å²) >= 11 is 6.77. The summed E-state index contributed by atoms with van der Waals surface area (Å²) in [5.74, 6) is -1.00. The van der Waals surface area contributed by atoms with Crippen LogP contribution in [0.25, 0.3) is 0 Å². The summed E-state index contributed by atoms with van der Waals surface area (Å²) in [6.07, 6.45) is 3.72. The minimum absolute atomic E-state index is 0.000876. The van der Waals surface area contributed by atoms with Crippen molar-refractivity contribution in [2.45, 2.75) is 32.6 Å². The molecule has 0 spiro atoms. The van der Waals surface area contributed by atoms with E-state index in [0.29, 0.717) is 42.6 Å². The zero-order valence-corrected chi connectivity index (χ0v) is 20.9.